The van der Waals surface area contributed by atoms with Crippen molar-refractivity contribution < 1.29 is 14.4 Å². The summed E-state index contributed by atoms with van der Waals surface area (Å²) in [5, 5.41) is 0. The second-order valence-corrected chi connectivity index (χ2v) is 2.15. The van der Waals surface area contributed by atoms with Crippen molar-refractivity contribution in [3.63, 3.8) is 0 Å². The molecule has 0 bridgehead atoms. The summed E-state index contributed by atoms with van der Waals surface area (Å²) in [6.07, 6.45) is 1.69. The van der Waals surface area contributed by atoms with Crippen LogP contribution in [0.1, 0.15) is 26.7 Å². The minimum absolute atomic E-state index is 0.380. The molecule has 0 aromatic rings. The van der Waals surface area contributed by atoms with Gasteiger partial charge in [0.1, 0.15) is 5.78 Å². The summed E-state index contributed by atoms with van der Waals surface area (Å²) in [6.45, 7) is 2.50. The predicted molar refractivity (Wildman–Crippen MR) is 35.6 cm³/mol. The SMILES string of the molecule is CC(=O)C(C)=O.O=C1CC1. The lowest BCUT2D eigenvalue weighted by Crippen LogP contribution is -2.01. The van der Waals surface area contributed by atoms with Gasteiger partial charge in [0.2, 0.25) is 0 Å². The van der Waals surface area contributed by atoms with Crippen LogP contribution < -0.4 is 0 Å². The maximum Gasteiger partial charge on any atom is 0.195 e. The van der Waals surface area contributed by atoms with Crippen molar-refractivity contribution in [2.24, 2.45) is 0 Å². The zero-order chi connectivity index (χ0) is 8.15. The molecule has 0 aromatic heterocycles. The van der Waals surface area contributed by atoms with Crippen LogP contribution in [0.4, 0.5) is 0 Å². The summed E-state index contributed by atoms with van der Waals surface area (Å²) < 4.78 is 0. The first-order valence-electron chi connectivity index (χ1n) is 3.07. The summed E-state index contributed by atoms with van der Waals surface area (Å²) >= 11 is 0. The van der Waals surface area contributed by atoms with Crippen LogP contribution in [-0.4, -0.2) is 17.3 Å². The van der Waals surface area contributed by atoms with Gasteiger partial charge in [0, 0.05) is 26.7 Å². The summed E-state index contributed by atoms with van der Waals surface area (Å²) in [7, 11) is 0. The Morgan fingerprint density at radius 2 is 1.30 bits per heavy atom. The van der Waals surface area contributed by atoms with E-state index >= 15 is 0 Å². The van der Waals surface area contributed by atoms with Gasteiger partial charge in [0.05, 0.1) is 0 Å². The van der Waals surface area contributed by atoms with Gasteiger partial charge in [-0.3, -0.25) is 14.4 Å². The molecule has 0 atom stereocenters. The fraction of sp³-hybridized carbons (Fsp3) is 0.571. The van der Waals surface area contributed by atoms with Crippen molar-refractivity contribution in [3.05, 3.63) is 0 Å². The topological polar surface area (TPSA) is 51.2 Å². The Kier molecular flexibility index (Phi) is 3.54. The summed E-state index contributed by atoms with van der Waals surface area (Å²) in [5.41, 5.74) is 0. The zero-order valence-electron chi connectivity index (χ0n) is 6.14. The van der Waals surface area contributed by atoms with Crippen molar-refractivity contribution in [1.82, 2.24) is 0 Å². The average Bonchev–Trinajstić information content (AvgIpc) is 2.52. The molecule has 10 heavy (non-hydrogen) atoms. The van der Waals surface area contributed by atoms with E-state index in [0.717, 1.165) is 12.8 Å². The second-order valence-electron chi connectivity index (χ2n) is 2.15. The lowest BCUT2D eigenvalue weighted by Gasteiger charge is -1.73. The Morgan fingerprint density at radius 1 is 1.10 bits per heavy atom. The molecule has 3 heteroatoms. The number of carbonyl (C=O) groups excluding carboxylic acids is 3. The fourth-order valence-electron chi connectivity index (χ4n) is 0.0510. The van der Waals surface area contributed by atoms with E-state index in [2.05, 4.69) is 0 Å². The van der Waals surface area contributed by atoms with Gasteiger partial charge in [0.15, 0.2) is 11.6 Å². The van der Waals surface area contributed by atoms with Gasteiger partial charge in [-0.2, -0.15) is 0 Å². The highest BCUT2D eigenvalue weighted by Crippen LogP contribution is 2.08. The third-order valence-electron chi connectivity index (χ3n) is 0.950. The molecular formula is C7H10O3. The Hall–Kier alpha value is -0.990. The lowest BCUT2D eigenvalue weighted by molar-refractivity contribution is -0.134. The van der Waals surface area contributed by atoms with Crippen LogP contribution in [0.2, 0.25) is 0 Å². The van der Waals surface area contributed by atoms with Crippen LogP contribution in [-0.2, 0) is 14.4 Å². The smallest absolute Gasteiger partial charge is 0.195 e. The highest BCUT2D eigenvalue weighted by atomic mass is 16.2. The van der Waals surface area contributed by atoms with E-state index in [-0.39, 0.29) is 11.6 Å². The minimum atomic E-state index is -0.380. The largest absolute Gasteiger partial charge is 0.300 e. The molecule has 0 radical (unpaired) electrons. The van der Waals surface area contributed by atoms with Crippen molar-refractivity contribution in [3.8, 4) is 0 Å². The van der Waals surface area contributed by atoms with E-state index in [0.29, 0.717) is 5.78 Å². The minimum Gasteiger partial charge on any atom is -0.300 e. The molecule has 1 rings (SSSR count). The van der Waals surface area contributed by atoms with Gasteiger partial charge < -0.3 is 0 Å². The van der Waals surface area contributed by atoms with Crippen molar-refractivity contribution in [2.45, 2.75) is 26.7 Å². The molecule has 1 aliphatic rings. The Balaban J connectivity index is 0.000000172. The summed E-state index contributed by atoms with van der Waals surface area (Å²) in [4.78, 5) is 29.1. The molecule has 1 saturated carbocycles. The first-order valence-corrected chi connectivity index (χ1v) is 3.07. The zero-order valence-corrected chi connectivity index (χ0v) is 6.14. The molecule has 0 N–H and O–H groups in total. The molecule has 0 amide bonds. The van der Waals surface area contributed by atoms with E-state index in [4.69, 9.17) is 0 Å². The van der Waals surface area contributed by atoms with Crippen LogP contribution in [0.25, 0.3) is 0 Å². The normalized spacial score (nSPS) is 13.2. The maximum atomic E-state index is 9.79. The third-order valence-corrected chi connectivity index (χ3v) is 0.950. The standard InChI is InChI=1S/C4H6O2.C3H4O/c1-3(5)4(2)6;4-3-1-2-3/h1-2H3;1-2H2. The molecule has 0 aliphatic heterocycles. The van der Waals surface area contributed by atoms with E-state index in [1.54, 1.807) is 0 Å². The van der Waals surface area contributed by atoms with Crippen LogP contribution in [0, 0.1) is 0 Å². The van der Waals surface area contributed by atoms with E-state index in [1.807, 2.05) is 0 Å². The number of hydrogen-bond acceptors (Lipinski definition) is 3. The Labute approximate surface area is 59.4 Å². The Morgan fingerprint density at radius 3 is 1.30 bits per heavy atom. The van der Waals surface area contributed by atoms with Gasteiger partial charge in [0.25, 0.3) is 0 Å². The first-order chi connectivity index (χ1) is 4.54. The van der Waals surface area contributed by atoms with Crippen LogP contribution >= 0.6 is 0 Å². The van der Waals surface area contributed by atoms with Crippen molar-refractivity contribution >= 4 is 17.3 Å². The predicted octanol–water partition coefficient (Wildman–Crippen LogP) is 0.514. The molecule has 3 nitrogen and oxygen atoms in total. The molecular weight excluding hydrogens is 132 g/mol. The third kappa shape index (κ3) is 7.01. The van der Waals surface area contributed by atoms with Crippen LogP contribution in [0.15, 0.2) is 0 Å². The van der Waals surface area contributed by atoms with Crippen molar-refractivity contribution in [1.29, 1.82) is 0 Å². The highest BCUT2D eigenvalue weighted by Gasteiger charge is 2.13. The molecule has 0 heterocycles. The summed E-state index contributed by atoms with van der Waals surface area (Å²) in [6, 6.07) is 0. The van der Waals surface area contributed by atoms with E-state index in [9.17, 15) is 14.4 Å². The van der Waals surface area contributed by atoms with E-state index < -0.39 is 0 Å². The highest BCUT2D eigenvalue weighted by molar-refractivity contribution is 6.35. The first kappa shape index (κ1) is 9.01. The molecule has 1 fully saturated rings. The van der Waals surface area contributed by atoms with Crippen LogP contribution in [0.3, 0.4) is 0 Å². The molecule has 56 valence electrons. The molecule has 1 aliphatic carbocycles. The number of rotatable bonds is 1. The monoisotopic (exact) mass is 142 g/mol. The average molecular weight is 142 g/mol. The lowest BCUT2D eigenvalue weighted by atomic mass is 10.3. The van der Waals surface area contributed by atoms with Gasteiger partial charge in [-0.15, -0.1) is 0 Å². The number of hydrogen-bond donors (Lipinski definition) is 0. The number of ketones is 3. The Bertz CT molecular complexity index is 152. The number of carbonyl (C=O) groups is 3. The quantitative estimate of drug-likeness (QED) is 0.501. The van der Waals surface area contributed by atoms with Crippen LogP contribution in [0.5, 0.6) is 0 Å². The van der Waals surface area contributed by atoms with E-state index in [1.165, 1.54) is 13.8 Å². The molecule has 0 unspecified atom stereocenters. The van der Waals surface area contributed by atoms with Gasteiger partial charge in [-0.25, -0.2) is 0 Å². The molecule has 0 spiro atoms. The fourth-order valence-corrected chi connectivity index (χ4v) is 0.0510. The molecule has 0 aromatic carbocycles. The molecule has 0 saturated heterocycles. The van der Waals surface area contributed by atoms with Gasteiger partial charge in [-0.05, 0) is 0 Å². The van der Waals surface area contributed by atoms with Gasteiger partial charge >= 0.3 is 0 Å². The van der Waals surface area contributed by atoms with Gasteiger partial charge in [-0.1, -0.05) is 0 Å². The number of Topliss-reactive ketones (excluding diaryl/α,β-unsaturated/α-hetero) is 3. The summed E-state index contributed by atoms with van der Waals surface area (Å²) in [5.74, 6) is -0.343. The maximum absolute atomic E-state index is 9.79. The second kappa shape index (κ2) is 3.93. The van der Waals surface area contributed by atoms with Crippen molar-refractivity contribution in [2.75, 3.05) is 0 Å².